The molecule has 0 saturated carbocycles. The number of piperidine rings is 1. The Morgan fingerprint density at radius 1 is 1.08 bits per heavy atom. The van der Waals surface area contributed by atoms with Crippen LogP contribution in [-0.4, -0.2) is 66.5 Å². The molecule has 0 spiro atoms. The second-order valence-corrected chi connectivity index (χ2v) is 5.44. The van der Waals surface area contributed by atoms with Crippen LogP contribution in [0.2, 0.25) is 0 Å². The van der Waals surface area contributed by atoms with E-state index < -0.39 is 5.91 Å². The van der Waals surface area contributed by atoms with E-state index in [-0.39, 0.29) is 17.3 Å². The first-order chi connectivity index (χ1) is 11.8. The Balaban J connectivity index is 1.66. The second-order valence-electron chi connectivity index (χ2n) is 5.44. The number of carbonyl (C=O) groups is 2. The third-order valence-corrected chi connectivity index (χ3v) is 3.78. The summed E-state index contributed by atoms with van der Waals surface area (Å²) < 4.78 is 1.50. The summed E-state index contributed by atoms with van der Waals surface area (Å²) in [7, 11) is 0. The van der Waals surface area contributed by atoms with Gasteiger partial charge in [-0.15, -0.1) is 5.10 Å². The van der Waals surface area contributed by atoms with Crippen molar-refractivity contribution in [2.24, 2.45) is 0 Å². The van der Waals surface area contributed by atoms with Gasteiger partial charge in [-0.2, -0.15) is 0 Å². The third kappa shape index (κ3) is 3.70. The lowest BCUT2D eigenvalue weighted by Gasteiger charge is -2.26. The molecule has 0 radical (unpaired) electrons. The molecule has 3 heterocycles. The van der Waals surface area contributed by atoms with Crippen molar-refractivity contribution in [1.82, 2.24) is 40.4 Å². The normalized spacial score (nSPS) is 14.4. The van der Waals surface area contributed by atoms with E-state index in [1.165, 1.54) is 23.4 Å². The lowest BCUT2D eigenvalue weighted by atomic mass is 10.1. The van der Waals surface area contributed by atoms with E-state index >= 15 is 0 Å². The number of hydrogen-bond donors (Lipinski definition) is 1. The van der Waals surface area contributed by atoms with E-state index in [4.69, 9.17) is 0 Å². The molecular weight excluding hydrogens is 312 g/mol. The van der Waals surface area contributed by atoms with Gasteiger partial charge in [0.1, 0.15) is 6.33 Å². The minimum Gasteiger partial charge on any atom is -0.349 e. The number of hydrogen-bond acceptors (Lipinski definition) is 7. The highest BCUT2D eigenvalue weighted by Gasteiger charge is 2.25. The predicted octanol–water partition coefficient (Wildman–Crippen LogP) is -0.481. The number of likely N-dealkylation sites (tertiary alicyclic amines) is 1. The van der Waals surface area contributed by atoms with Crippen molar-refractivity contribution in [3.05, 3.63) is 30.1 Å². The van der Waals surface area contributed by atoms with Gasteiger partial charge in [0.2, 0.25) is 0 Å². The Bertz CT molecular complexity index is 697. The number of aromatic nitrogens is 6. The molecular formula is C14H18N8O2. The number of rotatable bonds is 5. The lowest BCUT2D eigenvalue weighted by Crippen LogP contribution is -2.38. The summed E-state index contributed by atoms with van der Waals surface area (Å²) in [6.45, 7) is 2.12. The molecule has 126 valence electrons. The highest BCUT2D eigenvalue weighted by atomic mass is 16.2. The maximum atomic E-state index is 12.6. The minimum atomic E-state index is -0.434. The molecule has 0 bridgehead atoms. The average Bonchev–Trinajstić information content (AvgIpc) is 3.15. The van der Waals surface area contributed by atoms with E-state index in [2.05, 4.69) is 30.8 Å². The Kier molecular flexibility index (Phi) is 5.04. The largest absolute Gasteiger partial charge is 0.349 e. The lowest BCUT2D eigenvalue weighted by molar-refractivity contribution is 0.0711. The van der Waals surface area contributed by atoms with E-state index in [1.54, 1.807) is 4.90 Å². The zero-order chi connectivity index (χ0) is 16.8. The van der Waals surface area contributed by atoms with Crippen LogP contribution in [0.1, 0.15) is 40.2 Å². The van der Waals surface area contributed by atoms with Crippen molar-refractivity contribution in [3.8, 4) is 0 Å². The van der Waals surface area contributed by atoms with Crippen LogP contribution in [0.5, 0.6) is 0 Å². The van der Waals surface area contributed by atoms with Crippen LogP contribution in [0.4, 0.5) is 0 Å². The summed E-state index contributed by atoms with van der Waals surface area (Å²) in [5.41, 5.74) is 0.143. The van der Waals surface area contributed by atoms with Gasteiger partial charge in [0.05, 0.1) is 6.54 Å². The van der Waals surface area contributed by atoms with Crippen LogP contribution in [0.3, 0.4) is 0 Å². The second kappa shape index (κ2) is 7.57. The number of carbonyl (C=O) groups excluding carboxylic acids is 2. The molecule has 1 fully saturated rings. The van der Waals surface area contributed by atoms with E-state index in [1.807, 2.05) is 0 Å². The number of tetrazole rings is 1. The molecule has 2 amide bonds. The highest BCUT2D eigenvalue weighted by molar-refractivity contribution is 6.04. The van der Waals surface area contributed by atoms with Gasteiger partial charge in [-0.1, -0.05) is 0 Å². The fraction of sp³-hybridized carbons (Fsp3) is 0.500. The molecule has 10 heteroatoms. The van der Waals surface area contributed by atoms with E-state index in [9.17, 15) is 9.59 Å². The summed E-state index contributed by atoms with van der Waals surface area (Å²) in [6.07, 6.45) is 7.35. The quantitative estimate of drug-likeness (QED) is 0.786. The molecule has 10 nitrogen and oxygen atoms in total. The fourth-order valence-corrected chi connectivity index (χ4v) is 2.56. The molecule has 1 aliphatic rings. The molecule has 0 aliphatic carbocycles. The van der Waals surface area contributed by atoms with E-state index in [0.717, 1.165) is 19.3 Å². The molecule has 3 rings (SSSR count). The van der Waals surface area contributed by atoms with Gasteiger partial charge in [-0.25, -0.2) is 14.6 Å². The number of amides is 2. The number of nitrogens with zero attached hydrogens (tertiary/aromatic N) is 7. The monoisotopic (exact) mass is 330 g/mol. The topological polar surface area (TPSA) is 119 Å². The van der Waals surface area contributed by atoms with Gasteiger partial charge in [-0.3, -0.25) is 9.59 Å². The van der Waals surface area contributed by atoms with Crippen LogP contribution in [0.25, 0.3) is 0 Å². The van der Waals surface area contributed by atoms with Crippen LogP contribution in [-0.2, 0) is 6.54 Å². The Labute approximate surface area is 138 Å². The average molecular weight is 330 g/mol. The van der Waals surface area contributed by atoms with Gasteiger partial charge in [0, 0.05) is 32.0 Å². The zero-order valence-corrected chi connectivity index (χ0v) is 13.1. The molecule has 24 heavy (non-hydrogen) atoms. The maximum Gasteiger partial charge on any atom is 0.274 e. The molecule has 2 aromatic rings. The van der Waals surface area contributed by atoms with Crippen molar-refractivity contribution in [1.29, 1.82) is 0 Å². The van der Waals surface area contributed by atoms with Gasteiger partial charge < -0.3 is 10.2 Å². The first-order valence-corrected chi connectivity index (χ1v) is 7.85. The first kappa shape index (κ1) is 16.0. The van der Waals surface area contributed by atoms with Crippen molar-refractivity contribution >= 4 is 11.8 Å². The summed E-state index contributed by atoms with van der Waals surface area (Å²) in [6, 6.07) is 0. The predicted molar refractivity (Wildman–Crippen MR) is 81.9 cm³/mol. The first-order valence-electron chi connectivity index (χ1n) is 7.85. The summed E-state index contributed by atoms with van der Waals surface area (Å²) in [5, 5.41) is 13.4. The Hall–Kier alpha value is -2.91. The zero-order valence-electron chi connectivity index (χ0n) is 13.1. The fourth-order valence-electron chi connectivity index (χ4n) is 2.56. The number of nitrogens with one attached hydrogen (secondary N) is 1. The van der Waals surface area contributed by atoms with Crippen molar-refractivity contribution in [3.63, 3.8) is 0 Å². The van der Waals surface area contributed by atoms with Crippen molar-refractivity contribution in [2.75, 3.05) is 19.6 Å². The third-order valence-electron chi connectivity index (χ3n) is 3.78. The smallest absolute Gasteiger partial charge is 0.274 e. The summed E-state index contributed by atoms with van der Waals surface area (Å²) >= 11 is 0. The standard InChI is InChI=1S/C14H18N8O2/c23-13(17-6-9-22-10-18-19-20-22)11-12(16-5-4-15-11)14(24)21-7-2-1-3-8-21/h4-5,10H,1-3,6-9H2,(H,17,23). The molecule has 1 saturated heterocycles. The SMILES string of the molecule is O=C(NCCn1cnnn1)c1nccnc1C(=O)N1CCCCC1. The van der Waals surface area contributed by atoms with Gasteiger partial charge in [0.15, 0.2) is 11.4 Å². The van der Waals surface area contributed by atoms with Crippen molar-refractivity contribution < 1.29 is 9.59 Å². The molecule has 0 atom stereocenters. The summed E-state index contributed by atoms with van der Waals surface area (Å²) in [4.78, 5) is 34.8. The molecule has 1 N–H and O–H groups in total. The van der Waals surface area contributed by atoms with Gasteiger partial charge in [0.25, 0.3) is 11.8 Å². The molecule has 0 aromatic carbocycles. The van der Waals surface area contributed by atoms with Gasteiger partial charge >= 0.3 is 0 Å². The molecule has 1 aliphatic heterocycles. The minimum absolute atomic E-state index is 0.0461. The van der Waals surface area contributed by atoms with Crippen LogP contribution < -0.4 is 5.32 Å². The molecule has 2 aromatic heterocycles. The van der Waals surface area contributed by atoms with Crippen LogP contribution in [0.15, 0.2) is 18.7 Å². The highest BCUT2D eigenvalue weighted by Crippen LogP contribution is 2.13. The summed E-state index contributed by atoms with van der Waals surface area (Å²) in [5.74, 6) is -0.676. The van der Waals surface area contributed by atoms with Crippen molar-refractivity contribution in [2.45, 2.75) is 25.8 Å². The van der Waals surface area contributed by atoms with Crippen LogP contribution >= 0.6 is 0 Å². The van der Waals surface area contributed by atoms with Crippen LogP contribution in [0, 0.1) is 0 Å². The van der Waals surface area contributed by atoms with Gasteiger partial charge in [-0.05, 0) is 29.7 Å². The Morgan fingerprint density at radius 2 is 1.83 bits per heavy atom. The Morgan fingerprint density at radius 3 is 2.54 bits per heavy atom. The molecule has 0 unspecified atom stereocenters. The maximum absolute atomic E-state index is 12.6. The van der Waals surface area contributed by atoms with E-state index in [0.29, 0.717) is 26.2 Å².